The van der Waals surface area contributed by atoms with E-state index in [9.17, 15) is 4.79 Å². The van der Waals surface area contributed by atoms with Crippen molar-refractivity contribution in [2.75, 3.05) is 0 Å². The molecule has 3 heteroatoms. The van der Waals surface area contributed by atoms with Crippen molar-refractivity contribution < 1.29 is 4.79 Å². The molecule has 1 N–H and O–H groups in total. The van der Waals surface area contributed by atoms with Crippen molar-refractivity contribution in [3.8, 4) is 0 Å². The van der Waals surface area contributed by atoms with Gasteiger partial charge in [-0.3, -0.25) is 10.1 Å². The fourth-order valence-corrected chi connectivity index (χ4v) is 3.86. The first-order valence-corrected chi connectivity index (χ1v) is 7.96. The first-order valence-electron chi connectivity index (χ1n) is 7.96. The van der Waals surface area contributed by atoms with Gasteiger partial charge in [0.1, 0.15) is 0 Å². The molecule has 3 atom stereocenters. The molecule has 110 valence electrons. The predicted molar refractivity (Wildman–Crippen MR) is 78.7 cm³/mol. The lowest BCUT2D eigenvalue weighted by Gasteiger charge is -2.39. The van der Waals surface area contributed by atoms with Crippen LogP contribution in [0.3, 0.4) is 0 Å². The zero-order valence-corrected chi connectivity index (χ0v) is 13.2. The Labute approximate surface area is 118 Å². The number of amides is 1. The number of nitrogens with zero attached hydrogens (tertiary/aromatic N) is 1. The van der Waals surface area contributed by atoms with Gasteiger partial charge in [-0.15, -0.1) is 0 Å². The first-order chi connectivity index (χ1) is 8.88. The fourth-order valence-electron chi connectivity index (χ4n) is 3.86. The summed E-state index contributed by atoms with van der Waals surface area (Å²) in [5, 5.41) is 3.58. The summed E-state index contributed by atoms with van der Waals surface area (Å²) >= 11 is 0. The Morgan fingerprint density at radius 3 is 2.58 bits per heavy atom. The summed E-state index contributed by atoms with van der Waals surface area (Å²) in [5.41, 5.74) is 0.269. The quantitative estimate of drug-likeness (QED) is 0.848. The highest BCUT2D eigenvalue weighted by atomic mass is 16.2. The Bertz CT molecular complexity index is 338. The minimum absolute atomic E-state index is 0.0498. The second-order valence-electron chi connectivity index (χ2n) is 7.34. The van der Waals surface area contributed by atoms with Gasteiger partial charge in [-0.05, 0) is 30.6 Å². The van der Waals surface area contributed by atoms with Crippen LogP contribution in [0.25, 0.3) is 0 Å². The monoisotopic (exact) mass is 266 g/mol. The van der Waals surface area contributed by atoms with E-state index in [1.807, 2.05) is 0 Å². The van der Waals surface area contributed by atoms with E-state index < -0.39 is 0 Å². The summed E-state index contributed by atoms with van der Waals surface area (Å²) < 4.78 is 0. The van der Waals surface area contributed by atoms with Crippen LogP contribution >= 0.6 is 0 Å². The Kier molecular flexibility index (Phi) is 4.24. The number of nitrogens with one attached hydrogen (secondary N) is 1. The summed E-state index contributed by atoms with van der Waals surface area (Å²) in [6, 6.07) is 0.468. The predicted octanol–water partition coefficient (Wildman–Crippen LogP) is 3.15. The zero-order chi connectivity index (χ0) is 14.2. The van der Waals surface area contributed by atoms with Gasteiger partial charge < -0.3 is 4.90 Å². The normalized spacial score (nSPS) is 34.5. The Morgan fingerprint density at radius 2 is 2.11 bits per heavy atom. The van der Waals surface area contributed by atoms with Crippen molar-refractivity contribution in [1.29, 1.82) is 0 Å². The Morgan fingerprint density at radius 1 is 1.42 bits per heavy atom. The molecule has 0 aromatic carbocycles. The molecule has 0 radical (unpaired) electrons. The van der Waals surface area contributed by atoms with Gasteiger partial charge in [-0.25, -0.2) is 0 Å². The second-order valence-corrected chi connectivity index (χ2v) is 7.34. The topological polar surface area (TPSA) is 32.3 Å². The van der Waals surface area contributed by atoms with Crippen molar-refractivity contribution in [1.82, 2.24) is 10.2 Å². The van der Waals surface area contributed by atoms with E-state index in [0.29, 0.717) is 17.9 Å². The van der Waals surface area contributed by atoms with Crippen LogP contribution in [0.1, 0.15) is 66.7 Å². The molecule has 3 nitrogen and oxygen atoms in total. The van der Waals surface area contributed by atoms with E-state index in [4.69, 9.17) is 0 Å². The highest BCUT2D eigenvalue weighted by Gasteiger charge is 2.49. The lowest BCUT2D eigenvalue weighted by atomic mass is 9.85. The summed E-state index contributed by atoms with van der Waals surface area (Å²) in [5.74, 6) is 0.822. The van der Waals surface area contributed by atoms with Crippen LogP contribution in [0.5, 0.6) is 0 Å². The lowest BCUT2D eigenvalue weighted by molar-refractivity contribution is -0.135. The summed E-state index contributed by atoms with van der Waals surface area (Å²) in [6.07, 6.45) is 5.92. The number of carbonyl (C=O) groups is 1. The van der Waals surface area contributed by atoms with Crippen molar-refractivity contribution >= 4 is 5.91 Å². The Hall–Kier alpha value is -0.570. The molecular weight excluding hydrogens is 236 g/mol. The molecule has 1 heterocycles. The summed E-state index contributed by atoms with van der Waals surface area (Å²) in [4.78, 5) is 15.0. The van der Waals surface area contributed by atoms with E-state index in [-0.39, 0.29) is 17.6 Å². The molecule has 1 aliphatic heterocycles. The van der Waals surface area contributed by atoms with E-state index >= 15 is 0 Å². The average Bonchev–Trinajstić information content (AvgIpc) is 2.81. The second kappa shape index (κ2) is 5.43. The van der Waals surface area contributed by atoms with Crippen LogP contribution in [0.2, 0.25) is 0 Å². The third kappa shape index (κ3) is 2.67. The highest BCUT2D eigenvalue weighted by Crippen LogP contribution is 2.43. The molecule has 0 aromatic rings. The molecule has 2 rings (SSSR count). The maximum Gasteiger partial charge on any atom is 0.241 e. The smallest absolute Gasteiger partial charge is 0.241 e. The number of hydrogen-bond acceptors (Lipinski definition) is 2. The van der Waals surface area contributed by atoms with Crippen LogP contribution in [-0.4, -0.2) is 29.1 Å². The third-order valence-corrected chi connectivity index (χ3v) is 4.97. The van der Waals surface area contributed by atoms with Crippen LogP contribution in [-0.2, 0) is 4.79 Å². The largest absolute Gasteiger partial charge is 0.322 e. The van der Waals surface area contributed by atoms with Gasteiger partial charge in [0.25, 0.3) is 0 Å². The molecule has 19 heavy (non-hydrogen) atoms. The van der Waals surface area contributed by atoms with Gasteiger partial charge in [0.05, 0.1) is 12.2 Å². The molecule has 0 aromatic heterocycles. The molecule has 2 aliphatic rings. The van der Waals surface area contributed by atoms with Crippen molar-refractivity contribution in [2.45, 2.75) is 85.0 Å². The van der Waals surface area contributed by atoms with Crippen LogP contribution < -0.4 is 5.32 Å². The van der Waals surface area contributed by atoms with Crippen molar-refractivity contribution in [3.05, 3.63) is 0 Å². The van der Waals surface area contributed by atoms with Gasteiger partial charge in [0.15, 0.2) is 0 Å². The average molecular weight is 266 g/mol. The third-order valence-electron chi connectivity index (χ3n) is 4.97. The fraction of sp³-hybridized carbons (Fsp3) is 0.938. The van der Waals surface area contributed by atoms with Gasteiger partial charge in [0, 0.05) is 6.04 Å². The molecule has 3 unspecified atom stereocenters. The Balaban J connectivity index is 2.22. The van der Waals surface area contributed by atoms with Crippen LogP contribution in [0, 0.1) is 11.3 Å². The molecule has 1 saturated carbocycles. The minimum atomic E-state index is 0.0498. The molecule has 1 amide bonds. The van der Waals surface area contributed by atoms with Crippen molar-refractivity contribution in [2.24, 2.45) is 11.3 Å². The first kappa shape index (κ1) is 14.8. The summed E-state index contributed by atoms with van der Waals surface area (Å²) in [6.45, 7) is 11.2. The summed E-state index contributed by atoms with van der Waals surface area (Å²) in [7, 11) is 0. The van der Waals surface area contributed by atoms with E-state index in [1.165, 1.54) is 19.3 Å². The zero-order valence-electron chi connectivity index (χ0n) is 13.2. The maximum absolute atomic E-state index is 12.7. The van der Waals surface area contributed by atoms with E-state index in [0.717, 1.165) is 12.8 Å². The molecule has 1 aliphatic carbocycles. The van der Waals surface area contributed by atoms with E-state index in [2.05, 4.69) is 44.8 Å². The molecule has 2 fully saturated rings. The van der Waals surface area contributed by atoms with Gasteiger partial charge in [-0.1, -0.05) is 47.5 Å². The van der Waals surface area contributed by atoms with Gasteiger partial charge in [0.2, 0.25) is 5.91 Å². The lowest BCUT2D eigenvalue weighted by Crippen LogP contribution is -2.51. The number of carbonyl (C=O) groups excluding carboxylic acids is 1. The molecular formula is C16H30N2O. The minimum Gasteiger partial charge on any atom is -0.322 e. The molecule has 1 saturated heterocycles. The molecule has 0 bridgehead atoms. The highest BCUT2D eigenvalue weighted by molar-refractivity contribution is 5.84. The number of rotatable bonds is 4. The van der Waals surface area contributed by atoms with Crippen LogP contribution in [0.4, 0.5) is 0 Å². The molecule has 0 spiro atoms. The SMILES string of the molecule is CCCC1NC(C(C)C)N(C2CCCC2(C)C)C1=O. The van der Waals surface area contributed by atoms with Crippen molar-refractivity contribution in [3.63, 3.8) is 0 Å². The standard InChI is InChI=1S/C16H30N2O/c1-6-8-12-15(19)18(14(17-12)11(2)3)13-9-7-10-16(13,4)5/h11-14,17H,6-10H2,1-5H3. The van der Waals surface area contributed by atoms with Crippen LogP contribution in [0.15, 0.2) is 0 Å². The van der Waals surface area contributed by atoms with Gasteiger partial charge >= 0.3 is 0 Å². The van der Waals surface area contributed by atoms with Gasteiger partial charge in [-0.2, -0.15) is 0 Å². The number of hydrogen-bond donors (Lipinski definition) is 1. The van der Waals surface area contributed by atoms with E-state index in [1.54, 1.807) is 0 Å². The maximum atomic E-state index is 12.7.